The van der Waals surface area contributed by atoms with Crippen LogP contribution in [0.1, 0.15) is 59.9 Å². The van der Waals surface area contributed by atoms with E-state index >= 15 is 0 Å². The second kappa shape index (κ2) is 7.77. The molecule has 0 saturated heterocycles. The Morgan fingerprint density at radius 3 is 2.47 bits per heavy atom. The number of rotatable bonds is 3. The van der Waals surface area contributed by atoms with E-state index < -0.39 is 0 Å². The van der Waals surface area contributed by atoms with Crippen LogP contribution in [-0.4, -0.2) is 0 Å². The molecule has 0 aromatic heterocycles. The highest BCUT2D eigenvalue weighted by Crippen LogP contribution is 2.64. The third kappa shape index (κ3) is 3.19. The molecule has 0 N–H and O–H groups in total. The largest absolute Gasteiger partial charge is 0.0764 e. The number of fused-ring (bicyclic) bond motifs is 4. The van der Waals surface area contributed by atoms with Gasteiger partial charge in [-0.15, -0.1) is 0 Å². The van der Waals surface area contributed by atoms with E-state index in [9.17, 15) is 0 Å². The second-order valence-electron chi connectivity index (χ2n) is 10.9. The second-order valence-corrected chi connectivity index (χ2v) is 10.9. The molecule has 0 amide bonds. The van der Waals surface area contributed by atoms with Gasteiger partial charge < -0.3 is 0 Å². The molecule has 0 aliphatic heterocycles. The molecule has 1 spiro atoms. The molecule has 1 fully saturated rings. The zero-order valence-corrected chi connectivity index (χ0v) is 19.4. The first-order valence-electron chi connectivity index (χ1n) is 12.5. The van der Waals surface area contributed by atoms with E-state index in [1.807, 2.05) is 0 Å². The molecular weight excluding hydrogens is 384 g/mol. The van der Waals surface area contributed by atoms with Crippen LogP contribution in [0.2, 0.25) is 0 Å². The molecule has 0 heteroatoms. The first kappa shape index (κ1) is 20.0. The SMILES string of the molecule is Cc1ccccc1CC1CC(C)CC12Cc1ccccc1C1CC(c3ccccc3)=CC12. The molecule has 3 aliphatic carbocycles. The van der Waals surface area contributed by atoms with Crippen molar-refractivity contribution in [3.63, 3.8) is 0 Å². The molecule has 5 unspecified atom stereocenters. The van der Waals surface area contributed by atoms with Crippen LogP contribution >= 0.6 is 0 Å². The molecule has 0 radical (unpaired) electrons. The van der Waals surface area contributed by atoms with Crippen molar-refractivity contribution in [1.29, 1.82) is 0 Å². The molecule has 6 rings (SSSR count). The Kier molecular flexibility index (Phi) is 4.86. The van der Waals surface area contributed by atoms with Gasteiger partial charge in [0.25, 0.3) is 0 Å². The van der Waals surface area contributed by atoms with Gasteiger partial charge in [-0.2, -0.15) is 0 Å². The first-order valence-corrected chi connectivity index (χ1v) is 12.5. The summed E-state index contributed by atoms with van der Waals surface area (Å²) < 4.78 is 0. The van der Waals surface area contributed by atoms with Crippen LogP contribution in [0.3, 0.4) is 0 Å². The molecule has 3 aliphatic rings. The maximum atomic E-state index is 2.72. The lowest BCUT2D eigenvalue weighted by Gasteiger charge is -2.48. The molecule has 1 saturated carbocycles. The summed E-state index contributed by atoms with van der Waals surface area (Å²) >= 11 is 0. The molecule has 5 atom stereocenters. The lowest BCUT2D eigenvalue weighted by Crippen LogP contribution is -2.42. The van der Waals surface area contributed by atoms with Crippen LogP contribution in [0.25, 0.3) is 5.57 Å². The molecule has 162 valence electrons. The third-order valence-electron chi connectivity index (χ3n) is 8.99. The molecule has 0 heterocycles. The highest BCUT2D eigenvalue weighted by atomic mass is 14.6. The van der Waals surface area contributed by atoms with Crippen LogP contribution < -0.4 is 0 Å². The average molecular weight is 419 g/mol. The summed E-state index contributed by atoms with van der Waals surface area (Å²) in [7, 11) is 0. The molecule has 0 nitrogen and oxygen atoms in total. The van der Waals surface area contributed by atoms with Gasteiger partial charge >= 0.3 is 0 Å². The standard InChI is InChI=1S/C32H34/c1-22-16-28(17-25-13-7-6-10-23(25)2)32(20-22)21-26-14-8-9-15-29(26)30-18-27(19-31(30)32)24-11-4-3-5-12-24/h3-15,19,22,28,30-31H,16-18,20-21H2,1-2H3. The van der Waals surface area contributed by atoms with Gasteiger partial charge in [-0.1, -0.05) is 91.9 Å². The minimum Gasteiger partial charge on any atom is -0.0764 e. The van der Waals surface area contributed by atoms with Crippen molar-refractivity contribution in [2.45, 2.75) is 51.9 Å². The zero-order valence-electron chi connectivity index (χ0n) is 19.4. The van der Waals surface area contributed by atoms with Gasteiger partial charge in [-0.3, -0.25) is 0 Å². The summed E-state index contributed by atoms with van der Waals surface area (Å²) in [6, 6.07) is 29.6. The number of hydrogen-bond donors (Lipinski definition) is 0. The smallest absolute Gasteiger partial charge is 0.00500 e. The topological polar surface area (TPSA) is 0 Å². The van der Waals surface area contributed by atoms with Gasteiger partial charge in [0.15, 0.2) is 0 Å². The van der Waals surface area contributed by atoms with Crippen molar-refractivity contribution in [3.8, 4) is 0 Å². The Hall–Kier alpha value is -2.60. The van der Waals surface area contributed by atoms with Crippen LogP contribution in [0, 0.1) is 30.1 Å². The number of benzene rings is 3. The lowest BCUT2D eigenvalue weighted by atomic mass is 9.56. The third-order valence-corrected chi connectivity index (χ3v) is 8.99. The summed E-state index contributed by atoms with van der Waals surface area (Å²) in [6.45, 7) is 4.80. The average Bonchev–Trinajstić information content (AvgIpc) is 3.39. The van der Waals surface area contributed by atoms with Crippen molar-refractivity contribution < 1.29 is 0 Å². The Bertz CT molecular complexity index is 1150. The van der Waals surface area contributed by atoms with Crippen molar-refractivity contribution in [2.24, 2.45) is 23.2 Å². The number of aryl methyl sites for hydroxylation is 1. The van der Waals surface area contributed by atoms with E-state index in [1.165, 1.54) is 43.2 Å². The first-order chi connectivity index (χ1) is 15.6. The maximum absolute atomic E-state index is 2.72. The van der Waals surface area contributed by atoms with Crippen LogP contribution in [0.5, 0.6) is 0 Å². The van der Waals surface area contributed by atoms with Crippen LogP contribution in [0.4, 0.5) is 0 Å². The fourth-order valence-corrected chi connectivity index (χ4v) is 7.67. The fraction of sp³-hybridized carbons (Fsp3) is 0.375. The minimum atomic E-state index is 0.386. The number of hydrogen-bond acceptors (Lipinski definition) is 0. The molecular formula is C32H34. The monoisotopic (exact) mass is 418 g/mol. The van der Waals surface area contributed by atoms with Crippen LogP contribution in [-0.2, 0) is 12.8 Å². The Balaban J connectivity index is 1.46. The zero-order chi connectivity index (χ0) is 21.7. The van der Waals surface area contributed by atoms with E-state index in [-0.39, 0.29) is 0 Å². The summed E-state index contributed by atoms with van der Waals surface area (Å²) in [5.41, 5.74) is 9.66. The van der Waals surface area contributed by atoms with Gasteiger partial charge in [-0.05, 0) is 102 Å². The Labute approximate surface area is 193 Å². The summed E-state index contributed by atoms with van der Waals surface area (Å²) in [5, 5.41) is 0. The summed E-state index contributed by atoms with van der Waals surface area (Å²) in [4.78, 5) is 0. The van der Waals surface area contributed by atoms with Crippen molar-refractivity contribution >= 4 is 5.57 Å². The van der Waals surface area contributed by atoms with E-state index in [1.54, 1.807) is 22.3 Å². The number of allylic oxidation sites excluding steroid dienone is 2. The quantitative estimate of drug-likeness (QED) is 0.404. The Morgan fingerprint density at radius 1 is 0.875 bits per heavy atom. The summed E-state index contributed by atoms with van der Waals surface area (Å²) in [5.74, 6) is 2.86. The van der Waals surface area contributed by atoms with E-state index in [4.69, 9.17) is 0 Å². The van der Waals surface area contributed by atoms with Gasteiger partial charge in [-0.25, -0.2) is 0 Å². The highest BCUT2D eigenvalue weighted by molar-refractivity contribution is 5.70. The van der Waals surface area contributed by atoms with E-state index in [0.29, 0.717) is 17.3 Å². The van der Waals surface area contributed by atoms with Crippen molar-refractivity contribution in [2.75, 3.05) is 0 Å². The maximum Gasteiger partial charge on any atom is -0.00500 e. The molecule has 32 heavy (non-hydrogen) atoms. The molecule has 3 aromatic rings. The van der Waals surface area contributed by atoms with Crippen molar-refractivity contribution in [3.05, 3.63) is 113 Å². The molecule has 0 bridgehead atoms. The summed E-state index contributed by atoms with van der Waals surface area (Å²) in [6.07, 6.45) is 9.14. The minimum absolute atomic E-state index is 0.386. The van der Waals surface area contributed by atoms with E-state index in [0.717, 1.165) is 11.8 Å². The van der Waals surface area contributed by atoms with Gasteiger partial charge in [0.05, 0.1) is 0 Å². The van der Waals surface area contributed by atoms with Gasteiger partial charge in [0, 0.05) is 0 Å². The molecule has 3 aromatic carbocycles. The fourth-order valence-electron chi connectivity index (χ4n) is 7.67. The van der Waals surface area contributed by atoms with Crippen molar-refractivity contribution in [1.82, 2.24) is 0 Å². The Morgan fingerprint density at radius 2 is 1.62 bits per heavy atom. The highest BCUT2D eigenvalue weighted by Gasteiger charge is 2.56. The van der Waals surface area contributed by atoms with E-state index in [2.05, 4.69) is 98.8 Å². The van der Waals surface area contributed by atoms with Crippen LogP contribution in [0.15, 0.2) is 84.9 Å². The normalized spacial score (nSPS) is 30.8. The van der Waals surface area contributed by atoms with Gasteiger partial charge in [0.2, 0.25) is 0 Å². The predicted molar refractivity (Wildman–Crippen MR) is 135 cm³/mol. The van der Waals surface area contributed by atoms with Gasteiger partial charge in [0.1, 0.15) is 0 Å². The predicted octanol–water partition coefficient (Wildman–Crippen LogP) is 8.01. The lowest BCUT2D eigenvalue weighted by molar-refractivity contribution is 0.0993.